The molecule has 33 heavy (non-hydrogen) atoms. The molecule has 2 unspecified atom stereocenters. The first-order valence-corrected chi connectivity index (χ1v) is 12.2. The van der Waals surface area contributed by atoms with Gasteiger partial charge in [0.15, 0.2) is 0 Å². The van der Waals surface area contributed by atoms with Crippen LogP contribution in [0.25, 0.3) is 0 Å². The highest BCUT2D eigenvalue weighted by atomic mass is 16.5. The molecular weight excluding hydrogens is 410 g/mol. The second-order valence-corrected chi connectivity index (χ2v) is 9.70. The highest BCUT2D eigenvalue weighted by molar-refractivity contribution is 5.36. The Kier molecular flexibility index (Phi) is 6.52. The Morgan fingerprint density at radius 2 is 1.88 bits per heavy atom. The largest absolute Gasteiger partial charge is 0.497 e. The third-order valence-electron chi connectivity index (χ3n) is 7.49. The van der Waals surface area contributed by atoms with E-state index in [-0.39, 0.29) is 5.54 Å². The fraction of sp³-hybridized carbons (Fsp3) is 0.464. The van der Waals surface area contributed by atoms with E-state index in [1.54, 1.807) is 19.6 Å². The van der Waals surface area contributed by atoms with Gasteiger partial charge in [-0.3, -0.25) is 9.80 Å². The molecule has 0 aliphatic carbocycles. The number of likely N-dealkylation sites (tertiary alicyclic amines) is 2. The molecule has 174 valence electrons. The van der Waals surface area contributed by atoms with Crippen molar-refractivity contribution in [3.63, 3.8) is 0 Å². The van der Waals surface area contributed by atoms with Gasteiger partial charge in [0.05, 0.1) is 13.3 Å². The summed E-state index contributed by atoms with van der Waals surface area (Å²) in [5, 5.41) is 0. The van der Waals surface area contributed by atoms with Crippen LogP contribution in [0.15, 0.2) is 65.4 Å². The van der Waals surface area contributed by atoms with Crippen molar-refractivity contribution in [3.05, 3.63) is 83.6 Å². The van der Waals surface area contributed by atoms with Gasteiger partial charge in [0.2, 0.25) is 5.89 Å². The summed E-state index contributed by atoms with van der Waals surface area (Å²) in [7, 11) is 1.72. The number of nitrogens with zero attached hydrogens (tertiary/aromatic N) is 3. The minimum atomic E-state index is -0.307. The van der Waals surface area contributed by atoms with Gasteiger partial charge in [-0.1, -0.05) is 42.0 Å². The standard InChI is InChI=1S/C28H35N3O2/c1-22-5-7-23(8-6-22)19-30-17-13-24(20-30)21-31-16-4-3-14-28(31,27-29-15-18-33-27)25-9-11-26(32-2)12-10-25/h5-12,15,18,24H,3-4,13-14,16-17,19-21H2,1-2H3. The summed E-state index contributed by atoms with van der Waals surface area (Å²) in [5.41, 5.74) is 3.68. The quantitative estimate of drug-likeness (QED) is 0.497. The third-order valence-corrected chi connectivity index (χ3v) is 7.49. The Balaban J connectivity index is 1.36. The predicted octanol–water partition coefficient (Wildman–Crippen LogP) is 5.24. The number of methoxy groups -OCH3 is 1. The molecule has 0 saturated carbocycles. The maximum atomic E-state index is 6.00. The number of piperidine rings is 1. The molecule has 0 amide bonds. The number of ether oxygens (including phenoxy) is 1. The minimum absolute atomic E-state index is 0.307. The first-order chi connectivity index (χ1) is 16.2. The SMILES string of the molecule is COc1ccc(C2(c3ncco3)CCCCN2CC2CCN(Cc3ccc(C)cc3)C2)cc1. The first-order valence-electron chi connectivity index (χ1n) is 12.2. The Morgan fingerprint density at radius 3 is 2.61 bits per heavy atom. The number of aryl methyl sites for hydroxylation is 1. The van der Waals surface area contributed by atoms with Crippen molar-refractivity contribution in [1.29, 1.82) is 0 Å². The topological polar surface area (TPSA) is 41.7 Å². The number of oxazole rings is 1. The second-order valence-electron chi connectivity index (χ2n) is 9.70. The number of hydrogen-bond donors (Lipinski definition) is 0. The van der Waals surface area contributed by atoms with Crippen molar-refractivity contribution >= 4 is 0 Å². The third kappa shape index (κ3) is 4.57. The molecule has 0 radical (unpaired) electrons. The van der Waals surface area contributed by atoms with E-state index in [2.05, 4.69) is 70.2 Å². The van der Waals surface area contributed by atoms with Crippen LogP contribution in [-0.4, -0.2) is 48.1 Å². The molecule has 2 aliphatic rings. The monoisotopic (exact) mass is 445 g/mol. The van der Waals surface area contributed by atoms with Crippen LogP contribution in [0.1, 0.15) is 48.3 Å². The van der Waals surface area contributed by atoms with E-state index in [0.29, 0.717) is 5.92 Å². The summed E-state index contributed by atoms with van der Waals surface area (Å²) in [6, 6.07) is 17.5. The second kappa shape index (κ2) is 9.70. The molecule has 2 fully saturated rings. The van der Waals surface area contributed by atoms with Gasteiger partial charge in [-0.2, -0.15) is 0 Å². The Labute approximate surface area is 197 Å². The van der Waals surface area contributed by atoms with Crippen LogP contribution < -0.4 is 4.74 Å². The normalized spacial score (nSPS) is 24.2. The van der Waals surface area contributed by atoms with Gasteiger partial charge in [0, 0.05) is 19.6 Å². The maximum absolute atomic E-state index is 6.00. The lowest BCUT2D eigenvalue weighted by atomic mass is 9.79. The van der Waals surface area contributed by atoms with Crippen LogP contribution in [0.3, 0.4) is 0 Å². The van der Waals surface area contributed by atoms with E-state index in [9.17, 15) is 0 Å². The number of hydrogen-bond acceptors (Lipinski definition) is 5. The highest BCUT2D eigenvalue weighted by Crippen LogP contribution is 2.44. The van der Waals surface area contributed by atoms with Gasteiger partial charge in [-0.15, -0.1) is 0 Å². The Morgan fingerprint density at radius 1 is 1.06 bits per heavy atom. The predicted molar refractivity (Wildman–Crippen MR) is 130 cm³/mol. The van der Waals surface area contributed by atoms with Gasteiger partial charge < -0.3 is 9.15 Å². The average molecular weight is 446 g/mol. The molecule has 2 saturated heterocycles. The van der Waals surface area contributed by atoms with Gasteiger partial charge >= 0.3 is 0 Å². The number of aromatic nitrogens is 1. The van der Waals surface area contributed by atoms with E-state index in [0.717, 1.165) is 44.2 Å². The van der Waals surface area contributed by atoms with Crippen LogP contribution in [0.4, 0.5) is 0 Å². The van der Waals surface area contributed by atoms with Crippen LogP contribution in [0.2, 0.25) is 0 Å². The summed E-state index contributed by atoms with van der Waals surface area (Å²) in [5.74, 6) is 2.36. The number of benzene rings is 2. The fourth-order valence-corrected chi connectivity index (χ4v) is 5.74. The molecule has 0 bridgehead atoms. The van der Waals surface area contributed by atoms with Crippen LogP contribution in [0, 0.1) is 12.8 Å². The summed E-state index contributed by atoms with van der Waals surface area (Å²) in [6.07, 6.45) is 8.17. The zero-order chi connectivity index (χ0) is 22.7. The summed E-state index contributed by atoms with van der Waals surface area (Å²) in [4.78, 5) is 9.95. The zero-order valence-corrected chi connectivity index (χ0v) is 19.9. The van der Waals surface area contributed by atoms with E-state index in [1.807, 2.05) is 0 Å². The summed E-state index contributed by atoms with van der Waals surface area (Å²) in [6.45, 7) is 7.65. The van der Waals surface area contributed by atoms with Crippen molar-refractivity contribution < 1.29 is 9.15 Å². The molecule has 1 aromatic heterocycles. The van der Waals surface area contributed by atoms with Crippen LogP contribution in [-0.2, 0) is 12.1 Å². The average Bonchev–Trinajstić information content (AvgIpc) is 3.54. The van der Waals surface area contributed by atoms with E-state index < -0.39 is 0 Å². The Hall–Kier alpha value is -2.63. The van der Waals surface area contributed by atoms with E-state index in [1.165, 1.54) is 42.5 Å². The molecule has 0 spiro atoms. The fourth-order valence-electron chi connectivity index (χ4n) is 5.74. The van der Waals surface area contributed by atoms with Crippen LogP contribution >= 0.6 is 0 Å². The van der Waals surface area contributed by atoms with Crippen molar-refractivity contribution in [2.24, 2.45) is 5.92 Å². The minimum Gasteiger partial charge on any atom is -0.497 e. The summed E-state index contributed by atoms with van der Waals surface area (Å²) < 4.78 is 11.4. The van der Waals surface area contributed by atoms with Gasteiger partial charge in [-0.05, 0) is 74.9 Å². The molecule has 5 nitrogen and oxygen atoms in total. The lowest BCUT2D eigenvalue weighted by molar-refractivity contribution is 0.0401. The van der Waals surface area contributed by atoms with Gasteiger partial charge in [0.1, 0.15) is 17.6 Å². The van der Waals surface area contributed by atoms with Gasteiger partial charge in [-0.25, -0.2) is 4.98 Å². The lowest BCUT2D eigenvalue weighted by Crippen LogP contribution is -2.52. The van der Waals surface area contributed by atoms with Gasteiger partial charge in [0.25, 0.3) is 0 Å². The molecule has 3 aromatic rings. The molecule has 0 N–H and O–H groups in total. The maximum Gasteiger partial charge on any atom is 0.219 e. The van der Waals surface area contributed by atoms with Crippen molar-refractivity contribution in [1.82, 2.24) is 14.8 Å². The van der Waals surface area contributed by atoms with Crippen molar-refractivity contribution in [2.45, 2.75) is 44.7 Å². The Bertz CT molecular complexity index is 1020. The van der Waals surface area contributed by atoms with E-state index in [4.69, 9.17) is 9.15 Å². The zero-order valence-electron chi connectivity index (χ0n) is 19.9. The van der Waals surface area contributed by atoms with E-state index >= 15 is 0 Å². The molecular formula is C28H35N3O2. The molecule has 2 aromatic carbocycles. The van der Waals surface area contributed by atoms with Crippen molar-refractivity contribution in [3.8, 4) is 5.75 Å². The molecule has 5 rings (SSSR count). The molecule has 3 heterocycles. The van der Waals surface area contributed by atoms with Crippen molar-refractivity contribution in [2.75, 3.05) is 33.3 Å². The summed E-state index contributed by atoms with van der Waals surface area (Å²) >= 11 is 0. The van der Waals surface area contributed by atoms with Crippen LogP contribution in [0.5, 0.6) is 5.75 Å². The first kappa shape index (κ1) is 22.2. The smallest absolute Gasteiger partial charge is 0.219 e. The highest BCUT2D eigenvalue weighted by Gasteiger charge is 2.46. The lowest BCUT2D eigenvalue weighted by Gasteiger charge is -2.46. The molecule has 2 aliphatic heterocycles. The molecule has 5 heteroatoms. The number of rotatable bonds is 7. The molecule has 2 atom stereocenters.